The minimum atomic E-state index is -0.0804. The minimum absolute atomic E-state index is 0.0489. The summed E-state index contributed by atoms with van der Waals surface area (Å²) in [6.45, 7) is 6.25. The molecule has 0 aliphatic carbocycles. The van der Waals surface area contributed by atoms with Crippen LogP contribution in [0.2, 0.25) is 0 Å². The molecule has 0 spiro atoms. The molecular weight excluding hydrogens is 404 g/mol. The second-order valence-electron chi connectivity index (χ2n) is 9.21. The second kappa shape index (κ2) is 24.5. The van der Waals surface area contributed by atoms with Crippen LogP contribution >= 0.6 is 0 Å². The van der Waals surface area contributed by atoms with Gasteiger partial charge in [0.25, 0.3) is 0 Å². The van der Waals surface area contributed by atoms with Crippen LogP contribution in [0.5, 0.6) is 0 Å². The van der Waals surface area contributed by atoms with Crippen LogP contribution in [0.15, 0.2) is 0 Å². The van der Waals surface area contributed by atoms with Crippen LogP contribution < -0.4 is 0 Å². The molecule has 1 unspecified atom stereocenters. The number of unbranched alkanes of at least 4 members (excludes halogenated alkanes) is 12. The van der Waals surface area contributed by atoms with E-state index in [0.717, 1.165) is 64.4 Å². The Morgan fingerprint density at radius 3 is 1.56 bits per heavy atom. The third-order valence-corrected chi connectivity index (χ3v) is 5.96. The second-order valence-corrected chi connectivity index (χ2v) is 9.21. The maximum absolute atomic E-state index is 11.8. The third-order valence-electron chi connectivity index (χ3n) is 5.96. The van der Waals surface area contributed by atoms with Gasteiger partial charge in [0, 0.05) is 26.6 Å². The standard InChI is InChI=1S/C27H52O5/c1-4-5-6-7-8-11-14-17-22-31-26(28)18-15-12-9-10-13-16-19-27(29)32-24-21-25(2)20-23-30-3/h25H,4-24H2,1-3H3. The van der Waals surface area contributed by atoms with Crippen molar-refractivity contribution < 1.29 is 23.8 Å². The largest absolute Gasteiger partial charge is 0.466 e. The van der Waals surface area contributed by atoms with Crippen LogP contribution in [-0.2, 0) is 23.8 Å². The number of hydrogen-bond donors (Lipinski definition) is 0. The lowest BCUT2D eigenvalue weighted by Crippen LogP contribution is -2.09. The molecule has 0 aromatic rings. The molecule has 0 aliphatic heterocycles. The van der Waals surface area contributed by atoms with Gasteiger partial charge in [-0.2, -0.15) is 0 Å². The number of carbonyl (C=O) groups excluding carboxylic acids is 2. The number of esters is 2. The maximum atomic E-state index is 11.8. The van der Waals surface area contributed by atoms with Gasteiger partial charge in [0.15, 0.2) is 0 Å². The summed E-state index contributed by atoms with van der Waals surface area (Å²) < 4.78 is 15.7. The van der Waals surface area contributed by atoms with E-state index in [4.69, 9.17) is 14.2 Å². The van der Waals surface area contributed by atoms with Gasteiger partial charge in [-0.1, -0.05) is 84.5 Å². The minimum Gasteiger partial charge on any atom is -0.466 e. The van der Waals surface area contributed by atoms with Crippen molar-refractivity contribution in [1.29, 1.82) is 0 Å². The van der Waals surface area contributed by atoms with Crippen LogP contribution in [0.4, 0.5) is 0 Å². The van der Waals surface area contributed by atoms with Crippen LogP contribution in [0.25, 0.3) is 0 Å². The van der Waals surface area contributed by atoms with Gasteiger partial charge in [-0.05, 0) is 38.0 Å². The zero-order valence-electron chi connectivity index (χ0n) is 21.5. The summed E-state index contributed by atoms with van der Waals surface area (Å²) in [6, 6.07) is 0. The van der Waals surface area contributed by atoms with Gasteiger partial charge in [0.05, 0.1) is 13.2 Å². The van der Waals surface area contributed by atoms with Crippen molar-refractivity contribution in [1.82, 2.24) is 0 Å². The first-order chi connectivity index (χ1) is 15.6. The Morgan fingerprint density at radius 2 is 1.03 bits per heavy atom. The van der Waals surface area contributed by atoms with Gasteiger partial charge in [-0.25, -0.2) is 0 Å². The molecule has 0 saturated carbocycles. The lowest BCUT2D eigenvalue weighted by atomic mass is 10.1. The van der Waals surface area contributed by atoms with E-state index in [1.165, 1.54) is 44.9 Å². The first kappa shape index (κ1) is 30.9. The molecule has 5 nitrogen and oxygen atoms in total. The van der Waals surface area contributed by atoms with Gasteiger partial charge in [0.1, 0.15) is 0 Å². The van der Waals surface area contributed by atoms with E-state index in [2.05, 4.69) is 13.8 Å². The highest BCUT2D eigenvalue weighted by atomic mass is 16.5. The molecule has 0 amide bonds. The summed E-state index contributed by atoms with van der Waals surface area (Å²) in [7, 11) is 1.71. The number of methoxy groups -OCH3 is 1. The van der Waals surface area contributed by atoms with Gasteiger partial charge in [-0.3, -0.25) is 9.59 Å². The first-order valence-electron chi connectivity index (χ1n) is 13.4. The molecule has 1 atom stereocenters. The Kier molecular flexibility index (Phi) is 23.7. The smallest absolute Gasteiger partial charge is 0.305 e. The predicted molar refractivity (Wildman–Crippen MR) is 132 cm³/mol. The van der Waals surface area contributed by atoms with Crippen LogP contribution in [-0.4, -0.2) is 38.9 Å². The Balaban J connectivity index is 3.32. The maximum Gasteiger partial charge on any atom is 0.305 e. The van der Waals surface area contributed by atoms with Crippen molar-refractivity contribution >= 4 is 11.9 Å². The third kappa shape index (κ3) is 23.6. The number of carbonyl (C=O) groups is 2. The van der Waals surface area contributed by atoms with Gasteiger partial charge >= 0.3 is 11.9 Å². The quantitative estimate of drug-likeness (QED) is 0.112. The molecule has 0 aromatic heterocycles. The number of ether oxygens (including phenoxy) is 3. The van der Waals surface area contributed by atoms with E-state index in [1.54, 1.807) is 7.11 Å². The van der Waals surface area contributed by atoms with Crippen LogP contribution in [0.1, 0.15) is 129 Å². The van der Waals surface area contributed by atoms with E-state index in [1.807, 2.05) is 0 Å². The monoisotopic (exact) mass is 456 g/mol. The van der Waals surface area contributed by atoms with Crippen molar-refractivity contribution in [3.05, 3.63) is 0 Å². The molecule has 32 heavy (non-hydrogen) atoms. The zero-order chi connectivity index (χ0) is 23.7. The highest BCUT2D eigenvalue weighted by Crippen LogP contribution is 2.12. The first-order valence-corrected chi connectivity index (χ1v) is 13.4. The Labute approximate surface area is 198 Å². The summed E-state index contributed by atoms with van der Waals surface area (Å²) in [5.74, 6) is 0.389. The average Bonchev–Trinajstić information content (AvgIpc) is 2.78. The van der Waals surface area contributed by atoms with E-state index < -0.39 is 0 Å². The lowest BCUT2D eigenvalue weighted by molar-refractivity contribution is -0.145. The number of rotatable bonds is 24. The topological polar surface area (TPSA) is 61.8 Å². The molecule has 0 heterocycles. The van der Waals surface area contributed by atoms with Gasteiger partial charge in [-0.15, -0.1) is 0 Å². The van der Waals surface area contributed by atoms with Crippen molar-refractivity contribution in [2.24, 2.45) is 5.92 Å². The SMILES string of the molecule is CCCCCCCCCCOC(=O)CCCCCCCCC(=O)OCCC(C)CCOC. The average molecular weight is 457 g/mol. The van der Waals surface area contributed by atoms with Crippen molar-refractivity contribution in [3.63, 3.8) is 0 Å². The van der Waals surface area contributed by atoms with Gasteiger partial charge in [0.2, 0.25) is 0 Å². The fourth-order valence-corrected chi connectivity index (χ4v) is 3.65. The highest BCUT2D eigenvalue weighted by molar-refractivity contribution is 5.69. The van der Waals surface area contributed by atoms with E-state index in [-0.39, 0.29) is 11.9 Å². The molecule has 0 rings (SSSR count). The fraction of sp³-hybridized carbons (Fsp3) is 0.926. The molecule has 0 N–H and O–H groups in total. The van der Waals surface area contributed by atoms with Gasteiger partial charge < -0.3 is 14.2 Å². The zero-order valence-corrected chi connectivity index (χ0v) is 21.5. The molecule has 0 saturated heterocycles. The lowest BCUT2D eigenvalue weighted by Gasteiger charge is -2.11. The predicted octanol–water partition coefficient (Wildman–Crippen LogP) is 7.40. The van der Waals surface area contributed by atoms with Crippen LogP contribution in [0, 0.1) is 5.92 Å². The highest BCUT2D eigenvalue weighted by Gasteiger charge is 2.06. The Morgan fingerprint density at radius 1 is 0.594 bits per heavy atom. The van der Waals surface area contributed by atoms with Crippen molar-refractivity contribution in [2.45, 2.75) is 129 Å². The molecule has 190 valence electrons. The summed E-state index contributed by atoms with van der Waals surface area (Å²) in [6.07, 6.45) is 19.1. The molecular formula is C27H52O5. The molecule has 0 aromatic carbocycles. The summed E-state index contributed by atoms with van der Waals surface area (Å²) >= 11 is 0. The summed E-state index contributed by atoms with van der Waals surface area (Å²) in [5.41, 5.74) is 0. The van der Waals surface area contributed by atoms with Crippen LogP contribution in [0.3, 0.4) is 0 Å². The van der Waals surface area contributed by atoms with Crippen molar-refractivity contribution in [2.75, 3.05) is 26.9 Å². The fourth-order valence-electron chi connectivity index (χ4n) is 3.65. The molecule has 5 heteroatoms. The van der Waals surface area contributed by atoms with Crippen molar-refractivity contribution in [3.8, 4) is 0 Å². The summed E-state index contributed by atoms with van der Waals surface area (Å²) in [5, 5.41) is 0. The molecule has 0 aliphatic rings. The Bertz CT molecular complexity index is 424. The molecule has 0 radical (unpaired) electrons. The van der Waals surface area contributed by atoms with E-state index in [9.17, 15) is 9.59 Å². The molecule has 0 bridgehead atoms. The normalized spacial score (nSPS) is 12.0. The Hall–Kier alpha value is -1.10. The number of hydrogen-bond acceptors (Lipinski definition) is 5. The van der Waals surface area contributed by atoms with E-state index in [0.29, 0.717) is 32.0 Å². The molecule has 0 fully saturated rings. The summed E-state index contributed by atoms with van der Waals surface area (Å²) in [4.78, 5) is 23.5. The van der Waals surface area contributed by atoms with E-state index >= 15 is 0 Å².